The highest BCUT2D eigenvalue weighted by molar-refractivity contribution is 5.94. The second kappa shape index (κ2) is 8.42. The van der Waals surface area contributed by atoms with Crippen LogP contribution in [0.3, 0.4) is 0 Å². The first-order valence-electron chi connectivity index (χ1n) is 10.1. The zero-order chi connectivity index (χ0) is 19.3. The Kier molecular flexibility index (Phi) is 5.55. The molecule has 146 valence electrons. The fourth-order valence-electron chi connectivity index (χ4n) is 4.05. The quantitative estimate of drug-likeness (QED) is 0.362. The number of guanidine groups is 1. The van der Waals surface area contributed by atoms with Crippen molar-refractivity contribution in [2.75, 3.05) is 11.9 Å². The number of hydrogen-bond acceptors (Lipinski definition) is 3. The molecular weight excluding hydrogens is 352 g/mol. The van der Waals surface area contributed by atoms with Crippen LogP contribution in [0, 0.1) is 10.1 Å². The van der Waals surface area contributed by atoms with Crippen molar-refractivity contribution in [1.82, 2.24) is 4.90 Å². The zero-order valence-corrected chi connectivity index (χ0v) is 16.0. The van der Waals surface area contributed by atoms with E-state index in [9.17, 15) is 10.1 Å². The van der Waals surface area contributed by atoms with Gasteiger partial charge in [-0.25, -0.2) is 4.99 Å². The summed E-state index contributed by atoms with van der Waals surface area (Å²) in [6, 6.07) is 15.5. The predicted octanol–water partition coefficient (Wildman–Crippen LogP) is 4.75. The van der Waals surface area contributed by atoms with Crippen molar-refractivity contribution >= 4 is 17.3 Å². The second-order valence-electron chi connectivity index (χ2n) is 7.61. The van der Waals surface area contributed by atoms with Crippen molar-refractivity contribution in [1.29, 1.82) is 0 Å². The first-order chi connectivity index (χ1) is 13.7. The van der Waals surface area contributed by atoms with Crippen LogP contribution >= 0.6 is 0 Å². The van der Waals surface area contributed by atoms with Gasteiger partial charge in [0, 0.05) is 30.9 Å². The highest BCUT2D eigenvalue weighted by Crippen LogP contribution is 2.24. The van der Waals surface area contributed by atoms with Crippen LogP contribution in [0.15, 0.2) is 53.5 Å². The minimum absolute atomic E-state index is 0.100. The Morgan fingerprint density at radius 2 is 1.75 bits per heavy atom. The molecule has 1 heterocycles. The van der Waals surface area contributed by atoms with E-state index < -0.39 is 0 Å². The molecule has 1 N–H and O–H groups in total. The maximum Gasteiger partial charge on any atom is 0.269 e. The van der Waals surface area contributed by atoms with E-state index in [1.54, 1.807) is 12.1 Å². The number of nitro groups is 1. The summed E-state index contributed by atoms with van der Waals surface area (Å²) in [5.74, 6) is 0.884. The number of non-ortho nitro benzene ring substituents is 1. The van der Waals surface area contributed by atoms with Gasteiger partial charge in [0.05, 0.1) is 11.0 Å². The van der Waals surface area contributed by atoms with Gasteiger partial charge in [0.2, 0.25) is 0 Å². The molecule has 0 unspecified atom stereocenters. The third kappa shape index (κ3) is 4.32. The van der Waals surface area contributed by atoms with Crippen LogP contribution in [0.4, 0.5) is 11.4 Å². The number of nitrogens with zero attached hydrogens (tertiary/aromatic N) is 3. The number of nitrogens with one attached hydrogen (secondary N) is 1. The summed E-state index contributed by atoms with van der Waals surface area (Å²) < 4.78 is 0. The van der Waals surface area contributed by atoms with E-state index >= 15 is 0 Å². The second-order valence-corrected chi connectivity index (χ2v) is 7.61. The van der Waals surface area contributed by atoms with Gasteiger partial charge in [-0.2, -0.15) is 0 Å². The minimum atomic E-state index is -0.373. The topological polar surface area (TPSA) is 70.8 Å². The Labute approximate surface area is 165 Å². The first-order valence-corrected chi connectivity index (χ1v) is 10.1. The third-order valence-electron chi connectivity index (χ3n) is 5.64. The maximum atomic E-state index is 10.9. The molecule has 0 atom stereocenters. The molecule has 2 aromatic rings. The summed E-state index contributed by atoms with van der Waals surface area (Å²) >= 11 is 0. The molecule has 0 bridgehead atoms. The minimum Gasteiger partial charge on any atom is -0.338 e. The average molecular weight is 378 g/mol. The molecule has 0 radical (unpaired) electrons. The van der Waals surface area contributed by atoms with Gasteiger partial charge in [0.1, 0.15) is 0 Å². The number of aliphatic imine (C=N–C) groups is 1. The van der Waals surface area contributed by atoms with Crippen LogP contribution in [0.5, 0.6) is 0 Å². The summed E-state index contributed by atoms with van der Waals surface area (Å²) in [5.41, 5.74) is 3.68. The standard InChI is InChI=1S/C22H26N4O2/c27-26(28)21-12-10-20(11-13-21)24-22(23-19-8-2-1-3-9-19)25-15-14-17-6-4-5-7-18(17)16-25/h4-7,10-13,19H,1-3,8-9,14-16H2,(H,23,24). The van der Waals surface area contributed by atoms with Crippen molar-refractivity contribution in [2.24, 2.45) is 4.99 Å². The largest absolute Gasteiger partial charge is 0.338 e. The summed E-state index contributed by atoms with van der Waals surface area (Å²) in [5, 5.41) is 14.4. The molecular formula is C22H26N4O2. The van der Waals surface area contributed by atoms with E-state index in [2.05, 4.69) is 34.5 Å². The fourth-order valence-corrected chi connectivity index (χ4v) is 4.05. The summed E-state index contributed by atoms with van der Waals surface area (Å²) in [7, 11) is 0. The molecule has 0 saturated heterocycles. The van der Waals surface area contributed by atoms with E-state index in [1.807, 2.05) is 0 Å². The predicted molar refractivity (Wildman–Crippen MR) is 112 cm³/mol. The summed E-state index contributed by atoms with van der Waals surface area (Å²) in [4.78, 5) is 17.9. The van der Waals surface area contributed by atoms with Crippen LogP contribution in [0.2, 0.25) is 0 Å². The van der Waals surface area contributed by atoms with E-state index in [0.717, 1.165) is 44.0 Å². The first kappa shape index (κ1) is 18.5. The molecule has 1 fully saturated rings. The summed E-state index contributed by atoms with van der Waals surface area (Å²) in [6.07, 6.45) is 7.05. The Morgan fingerprint density at radius 1 is 1.04 bits per heavy atom. The molecule has 1 aliphatic carbocycles. The third-order valence-corrected chi connectivity index (χ3v) is 5.64. The Hall–Kier alpha value is -2.89. The fraction of sp³-hybridized carbons (Fsp3) is 0.409. The molecule has 0 amide bonds. The number of nitro benzene ring substituents is 1. The molecule has 1 saturated carbocycles. The lowest BCUT2D eigenvalue weighted by Gasteiger charge is -2.33. The van der Waals surface area contributed by atoms with E-state index in [4.69, 9.17) is 4.99 Å². The Balaban J connectivity index is 1.57. The van der Waals surface area contributed by atoms with E-state index in [0.29, 0.717) is 6.04 Å². The monoisotopic (exact) mass is 378 g/mol. The lowest BCUT2D eigenvalue weighted by molar-refractivity contribution is -0.384. The van der Waals surface area contributed by atoms with Gasteiger partial charge in [-0.05, 0) is 42.5 Å². The molecule has 0 aromatic heterocycles. The van der Waals surface area contributed by atoms with Crippen molar-refractivity contribution in [3.05, 3.63) is 69.8 Å². The lowest BCUT2D eigenvalue weighted by atomic mass is 9.96. The van der Waals surface area contributed by atoms with Crippen molar-refractivity contribution in [3.63, 3.8) is 0 Å². The number of fused-ring (bicyclic) bond motifs is 1. The van der Waals surface area contributed by atoms with Crippen molar-refractivity contribution < 1.29 is 4.92 Å². The normalized spacial score (nSPS) is 17.9. The van der Waals surface area contributed by atoms with Crippen LogP contribution < -0.4 is 5.32 Å². The Bertz CT molecular complexity index is 857. The maximum absolute atomic E-state index is 10.9. The number of anilines is 1. The Morgan fingerprint density at radius 3 is 2.46 bits per heavy atom. The van der Waals surface area contributed by atoms with Gasteiger partial charge in [-0.15, -0.1) is 0 Å². The SMILES string of the molecule is O=[N+]([O-])c1ccc(NC(=NC2CCCCC2)N2CCc3ccccc3C2)cc1. The van der Waals surface area contributed by atoms with Crippen LogP contribution in [-0.2, 0) is 13.0 Å². The van der Waals surface area contributed by atoms with Crippen molar-refractivity contribution in [2.45, 2.75) is 51.1 Å². The van der Waals surface area contributed by atoms with Gasteiger partial charge in [0.25, 0.3) is 5.69 Å². The van der Waals surface area contributed by atoms with Gasteiger partial charge in [-0.3, -0.25) is 10.1 Å². The number of rotatable bonds is 3. The average Bonchev–Trinajstić information content (AvgIpc) is 2.74. The smallest absolute Gasteiger partial charge is 0.269 e. The zero-order valence-electron chi connectivity index (χ0n) is 16.0. The van der Waals surface area contributed by atoms with Gasteiger partial charge >= 0.3 is 0 Å². The van der Waals surface area contributed by atoms with E-state index in [-0.39, 0.29) is 10.6 Å². The highest BCUT2D eigenvalue weighted by Gasteiger charge is 2.21. The molecule has 2 aliphatic rings. The molecule has 28 heavy (non-hydrogen) atoms. The van der Waals surface area contributed by atoms with Crippen LogP contribution in [0.1, 0.15) is 43.2 Å². The molecule has 0 spiro atoms. The molecule has 4 rings (SSSR count). The van der Waals surface area contributed by atoms with Gasteiger partial charge in [0.15, 0.2) is 5.96 Å². The molecule has 1 aliphatic heterocycles. The summed E-state index contributed by atoms with van der Waals surface area (Å²) in [6.45, 7) is 1.75. The molecule has 6 nitrogen and oxygen atoms in total. The lowest BCUT2D eigenvalue weighted by Crippen LogP contribution is -2.41. The molecule has 2 aromatic carbocycles. The molecule has 6 heteroatoms. The number of hydrogen-bond donors (Lipinski definition) is 1. The number of benzene rings is 2. The van der Waals surface area contributed by atoms with Crippen LogP contribution in [-0.4, -0.2) is 28.4 Å². The van der Waals surface area contributed by atoms with Gasteiger partial charge in [-0.1, -0.05) is 43.5 Å². The van der Waals surface area contributed by atoms with Gasteiger partial charge < -0.3 is 10.2 Å². The van der Waals surface area contributed by atoms with E-state index in [1.165, 1.54) is 42.5 Å². The van der Waals surface area contributed by atoms with Crippen LogP contribution in [0.25, 0.3) is 0 Å². The van der Waals surface area contributed by atoms with Crippen molar-refractivity contribution in [3.8, 4) is 0 Å². The highest BCUT2D eigenvalue weighted by atomic mass is 16.6.